The summed E-state index contributed by atoms with van der Waals surface area (Å²) < 4.78 is 5.16. The van der Waals surface area contributed by atoms with Gasteiger partial charge in [0.2, 0.25) is 0 Å². The average molecular weight is 254 g/mol. The van der Waals surface area contributed by atoms with Crippen molar-refractivity contribution in [2.24, 2.45) is 0 Å². The lowest BCUT2D eigenvalue weighted by Crippen LogP contribution is -2.42. The molecule has 6 nitrogen and oxygen atoms in total. The average Bonchev–Trinajstić information content (AvgIpc) is 2.99. The second-order valence-electron chi connectivity index (χ2n) is 4.37. The maximum absolute atomic E-state index is 11.7. The first kappa shape index (κ1) is 12.9. The van der Waals surface area contributed by atoms with Gasteiger partial charge in [-0.25, -0.2) is 10.3 Å². The van der Waals surface area contributed by atoms with Crippen LogP contribution in [0.15, 0.2) is 22.8 Å². The molecule has 2 atom stereocenters. The summed E-state index contributed by atoms with van der Waals surface area (Å²) in [5.41, 5.74) is 2.31. The van der Waals surface area contributed by atoms with Crippen LogP contribution in [0.5, 0.6) is 0 Å². The number of nitrogens with one attached hydrogen (secondary N) is 1. The largest absolute Gasteiger partial charge is 0.467 e. The van der Waals surface area contributed by atoms with E-state index >= 15 is 0 Å². The Kier molecular flexibility index (Phi) is 4.22. The highest BCUT2D eigenvalue weighted by Gasteiger charge is 2.31. The van der Waals surface area contributed by atoms with Crippen molar-refractivity contribution in [3.8, 4) is 0 Å². The number of carbonyl (C=O) groups excluding carboxylic acids is 1. The number of rotatable bonds is 4. The molecule has 0 spiro atoms. The summed E-state index contributed by atoms with van der Waals surface area (Å²) >= 11 is 0. The van der Waals surface area contributed by atoms with Crippen molar-refractivity contribution in [2.75, 3.05) is 13.7 Å². The molecule has 1 saturated heterocycles. The zero-order valence-corrected chi connectivity index (χ0v) is 10.3. The van der Waals surface area contributed by atoms with Crippen molar-refractivity contribution in [3.05, 3.63) is 24.2 Å². The van der Waals surface area contributed by atoms with E-state index in [4.69, 9.17) is 4.42 Å². The van der Waals surface area contributed by atoms with Crippen LogP contribution in [0.25, 0.3) is 0 Å². The van der Waals surface area contributed by atoms with E-state index in [1.807, 2.05) is 0 Å². The molecule has 2 rings (SSSR count). The lowest BCUT2D eigenvalue weighted by atomic mass is 10.1. The summed E-state index contributed by atoms with van der Waals surface area (Å²) in [6, 6.07) is 3.23. The van der Waals surface area contributed by atoms with E-state index in [2.05, 4.69) is 10.3 Å². The molecular weight excluding hydrogens is 236 g/mol. The predicted molar refractivity (Wildman–Crippen MR) is 63.6 cm³/mol. The van der Waals surface area contributed by atoms with Crippen LogP contribution in [-0.2, 0) is 4.84 Å². The molecule has 1 aliphatic rings. The first-order chi connectivity index (χ1) is 8.72. The third kappa shape index (κ3) is 2.83. The van der Waals surface area contributed by atoms with Crippen LogP contribution in [0.4, 0.5) is 4.79 Å². The van der Waals surface area contributed by atoms with Gasteiger partial charge in [0.15, 0.2) is 0 Å². The van der Waals surface area contributed by atoms with E-state index in [0.717, 1.165) is 12.8 Å². The first-order valence-electron chi connectivity index (χ1n) is 6.03. The SMILES string of the molecule is CONC(=O)N1CCC[C@@H]1C[C@@H](O)c1ccco1. The number of hydroxylamine groups is 1. The summed E-state index contributed by atoms with van der Waals surface area (Å²) in [7, 11) is 1.40. The number of aliphatic hydroxyl groups is 1. The molecule has 1 aromatic rings. The van der Waals surface area contributed by atoms with Gasteiger partial charge in [-0.05, 0) is 25.0 Å². The number of nitrogens with zero attached hydrogens (tertiary/aromatic N) is 1. The number of urea groups is 1. The number of hydrogen-bond acceptors (Lipinski definition) is 4. The molecule has 1 aromatic heterocycles. The Bertz CT molecular complexity index is 379. The van der Waals surface area contributed by atoms with Crippen molar-refractivity contribution in [1.29, 1.82) is 0 Å². The molecule has 0 aromatic carbocycles. The molecule has 0 aliphatic carbocycles. The summed E-state index contributed by atoms with van der Waals surface area (Å²) in [4.78, 5) is 18.0. The fraction of sp³-hybridized carbons (Fsp3) is 0.583. The fourth-order valence-corrected chi connectivity index (χ4v) is 2.35. The van der Waals surface area contributed by atoms with Crippen LogP contribution in [0, 0.1) is 0 Å². The maximum Gasteiger partial charge on any atom is 0.341 e. The normalized spacial score (nSPS) is 21.0. The third-order valence-electron chi connectivity index (χ3n) is 3.19. The highest BCUT2D eigenvalue weighted by molar-refractivity contribution is 5.73. The van der Waals surface area contributed by atoms with Gasteiger partial charge in [0.1, 0.15) is 11.9 Å². The molecule has 0 bridgehead atoms. The van der Waals surface area contributed by atoms with Gasteiger partial charge in [-0.3, -0.25) is 4.84 Å². The molecule has 0 saturated carbocycles. The van der Waals surface area contributed by atoms with Gasteiger partial charge < -0.3 is 14.4 Å². The lowest BCUT2D eigenvalue weighted by molar-refractivity contribution is 0.0719. The molecule has 100 valence electrons. The maximum atomic E-state index is 11.7. The van der Waals surface area contributed by atoms with E-state index in [-0.39, 0.29) is 12.1 Å². The second-order valence-corrected chi connectivity index (χ2v) is 4.37. The quantitative estimate of drug-likeness (QED) is 0.797. The molecule has 0 unspecified atom stereocenters. The van der Waals surface area contributed by atoms with Crippen molar-refractivity contribution in [1.82, 2.24) is 10.4 Å². The number of amides is 2. The topological polar surface area (TPSA) is 74.9 Å². The van der Waals surface area contributed by atoms with E-state index in [1.165, 1.54) is 13.4 Å². The molecule has 2 heterocycles. The van der Waals surface area contributed by atoms with E-state index < -0.39 is 6.10 Å². The molecule has 0 radical (unpaired) electrons. The Balaban J connectivity index is 1.93. The monoisotopic (exact) mass is 254 g/mol. The molecule has 1 fully saturated rings. The van der Waals surface area contributed by atoms with Crippen molar-refractivity contribution in [2.45, 2.75) is 31.4 Å². The van der Waals surface area contributed by atoms with Crippen LogP contribution in [0.3, 0.4) is 0 Å². The number of furan rings is 1. The van der Waals surface area contributed by atoms with Gasteiger partial charge in [0.05, 0.1) is 13.4 Å². The van der Waals surface area contributed by atoms with E-state index in [0.29, 0.717) is 18.7 Å². The van der Waals surface area contributed by atoms with E-state index in [1.54, 1.807) is 17.0 Å². The molecule has 2 N–H and O–H groups in total. The summed E-state index contributed by atoms with van der Waals surface area (Å²) in [5, 5.41) is 10.0. The van der Waals surface area contributed by atoms with Crippen LogP contribution in [0.1, 0.15) is 31.1 Å². The van der Waals surface area contributed by atoms with Gasteiger partial charge in [-0.2, -0.15) is 0 Å². The third-order valence-corrected chi connectivity index (χ3v) is 3.19. The zero-order chi connectivity index (χ0) is 13.0. The Morgan fingerprint density at radius 1 is 1.78 bits per heavy atom. The molecule has 2 amide bonds. The van der Waals surface area contributed by atoms with Crippen LogP contribution < -0.4 is 5.48 Å². The Labute approximate surface area is 105 Å². The van der Waals surface area contributed by atoms with E-state index in [9.17, 15) is 9.90 Å². The predicted octanol–water partition coefficient (Wildman–Crippen LogP) is 1.44. The van der Waals surface area contributed by atoms with Crippen molar-refractivity contribution < 1.29 is 19.2 Å². The Morgan fingerprint density at radius 2 is 2.61 bits per heavy atom. The van der Waals surface area contributed by atoms with Gasteiger partial charge in [0, 0.05) is 19.0 Å². The smallest absolute Gasteiger partial charge is 0.341 e. The number of likely N-dealkylation sites (tertiary alicyclic amines) is 1. The minimum Gasteiger partial charge on any atom is -0.467 e. The van der Waals surface area contributed by atoms with Crippen molar-refractivity contribution >= 4 is 6.03 Å². The van der Waals surface area contributed by atoms with Crippen LogP contribution in [0.2, 0.25) is 0 Å². The summed E-state index contributed by atoms with van der Waals surface area (Å²) in [6.07, 6.45) is 3.15. The second kappa shape index (κ2) is 5.88. The van der Waals surface area contributed by atoms with Gasteiger partial charge in [0.25, 0.3) is 0 Å². The Morgan fingerprint density at radius 3 is 3.28 bits per heavy atom. The van der Waals surface area contributed by atoms with Crippen LogP contribution in [-0.4, -0.2) is 35.7 Å². The fourth-order valence-electron chi connectivity index (χ4n) is 2.35. The minimum absolute atomic E-state index is 0.0141. The minimum atomic E-state index is -0.680. The molecule has 6 heteroatoms. The van der Waals surface area contributed by atoms with Crippen LogP contribution >= 0.6 is 0 Å². The molecule has 18 heavy (non-hydrogen) atoms. The lowest BCUT2D eigenvalue weighted by Gasteiger charge is -2.25. The Hall–Kier alpha value is -1.53. The standard InChI is InChI=1S/C12H18N2O4/c1-17-13-12(16)14-6-2-4-9(14)8-10(15)11-5-3-7-18-11/h3,5,7,9-10,15H,2,4,6,8H2,1H3,(H,13,16)/t9-,10-/m1/s1. The summed E-state index contributed by atoms with van der Waals surface area (Å²) in [5.74, 6) is 0.536. The number of hydrogen-bond donors (Lipinski definition) is 2. The van der Waals surface area contributed by atoms with Gasteiger partial charge >= 0.3 is 6.03 Å². The summed E-state index contributed by atoms with van der Waals surface area (Å²) in [6.45, 7) is 0.685. The highest BCUT2D eigenvalue weighted by atomic mass is 16.6. The highest BCUT2D eigenvalue weighted by Crippen LogP contribution is 2.27. The molecule has 1 aliphatic heterocycles. The number of carbonyl (C=O) groups is 1. The molecular formula is C12H18N2O4. The zero-order valence-electron chi connectivity index (χ0n) is 10.3. The first-order valence-corrected chi connectivity index (χ1v) is 6.03. The van der Waals surface area contributed by atoms with Gasteiger partial charge in [-0.15, -0.1) is 0 Å². The number of aliphatic hydroxyl groups excluding tert-OH is 1. The van der Waals surface area contributed by atoms with Crippen molar-refractivity contribution in [3.63, 3.8) is 0 Å². The van der Waals surface area contributed by atoms with Gasteiger partial charge in [-0.1, -0.05) is 0 Å².